The maximum atomic E-state index is 13.6. The number of hydrogen-bond donors (Lipinski definition) is 1. The van der Waals surface area contributed by atoms with Gasteiger partial charge in [-0.3, -0.25) is 9.10 Å². The molecule has 0 spiro atoms. The van der Waals surface area contributed by atoms with Gasteiger partial charge in [-0.2, -0.15) is 5.10 Å². The largest absolute Gasteiger partial charge is 0.493 e. The van der Waals surface area contributed by atoms with Gasteiger partial charge in [0.25, 0.3) is 15.9 Å². The molecule has 1 N–H and O–H groups in total. The average Bonchev–Trinajstić information content (AvgIpc) is 2.96. The predicted molar refractivity (Wildman–Crippen MR) is 145 cm³/mol. The van der Waals surface area contributed by atoms with Gasteiger partial charge < -0.3 is 18.9 Å². The van der Waals surface area contributed by atoms with Crippen LogP contribution in [0.1, 0.15) is 18.9 Å². The first-order valence-corrected chi connectivity index (χ1v) is 13.1. The maximum absolute atomic E-state index is 13.6. The van der Waals surface area contributed by atoms with E-state index < -0.39 is 22.5 Å². The molecule has 0 heterocycles. The average molecular weight is 542 g/mol. The lowest BCUT2D eigenvalue weighted by molar-refractivity contribution is -0.119. The number of hydrazone groups is 1. The molecule has 3 aromatic carbocycles. The number of amides is 1. The molecule has 0 aliphatic carbocycles. The van der Waals surface area contributed by atoms with E-state index >= 15 is 0 Å². The molecule has 1 amide bonds. The minimum Gasteiger partial charge on any atom is -0.493 e. The molecule has 0 bridgehead atoms. The molecule has 0 fully saturated rings. The number of benzene rings is 3. The molecule has 10 nitrogen and oxygen atoms in total. The fourth-order valence-electron chi connectivity index (χ4n) is 3.67. The van der Waals surface area contributed by atoms with E-state index in [0.29, 0.717) is 35.1 Å². The summed E-state index contributed by atoms with van der Waals surface area (Å²) in [6.07, 6.45) is 0.497. The lowest BCUT2D eigenvalue weighted by Gasteiger charge is -2.24. The van der Waals surface area contributed by atoms with Crippen LogP contribution in [0.2, 0.25) is 0 Å². The number of anilines is 1. The molecular formula is C27H31N3O7S. The molecule has 0 unspecified atom stereocenters. The molecule has 3 aromatic rings. The van der Waals surface area contributed by atoms with Crippen molar-refractivity contribution in [1.29, 1.82) is 0 Å². The summed E-state index contributed by atoms with van der Waals surface area (Å²) in [4.78, 5) is 13.1. The second kappa shape index (κ2) is 12.8. The van der Waals surface area contributed by atoms with E-state index in [-0.39, 0.29) is 10.6 Å². The Balaban J connectivity index is 1.94. The van der Waals surface area contributed by atoms with Crippen molar-refractivity contribution in [3.63, 3.8) is 0 Å². The van der Waals surface area contributed by atoms with Crippen molar-refractivity contribution in [1.82, 2.24) is 5.43 Å². The zero-order valence-electron chi connectivity index (χ0n) is 21.9. The van der Waals surface area contributed by atoms with E-state index in [4.69, 9.17) is 18.9 Å². The minimum atomic E-state index is -4.11. The Kier molecular flexibility index (Phi) is 9.55. The highest BCUT2D eigenvalue weighted by molar-refractivity contribution is 7.92. The number of sulfonamides is 1. The normalized spacial score (nSPS) is 11.4. The fourth-order valence-corrected chi connectivity index (χ4v) is 5.11. The minimum absolute atomic E-state index is 0.0330. The summed E-state index contributed by atoms with van der Waals surface area (Å²) in [5.74, 6) is 1.19. The number of nitrogens with zero attached hydrogens (tertiary/aromatic N) is 2. The summed E-state index contributed by atoms with van der Waals surface area (Å²) in [5, 5.41) is 4.26. The first-order chi connectivity index (χ1) is 18.3. The van der Waals surface area contributed by atoms with Crippen LogP contribution in [0.4, 0.5) is 5.69 Å². The van der Waals surface area contributed by atoms with Crippen LogP contribution in [0.15, 0.2) is 76.7 Å². The van der Waals surface area contributed by atoms with E-state index in [2.05, 4.69) is 10.5 Å². The van der Waals surface area contributed by atoms with Gasteiger partial charge in [-0.1, -0.05) is 25.1 Å². The molecule has 0 aliphatic rings. The maximum Gasteiger partial charge on any atom is 0.264 e. The molecule has 0 saturated heterocycles. The number of ether oxygens (including phenoxy) is 4. The molecule has 0 saturated carbocycles. The quantitative estimate of drug-likeness (QED) is 0.274. The Morgan fingerprint density at radius 1 is 0.816 bits per heavy atom. The van der Waals surface area contributed by atoms with E-state index in [1.54, 1.807) is 55.6 Å². The molecule has 0 radical (unpaired) electrons. The molecule has 38 heavy (non-hydrogen) atoms. The topological polar surface area (TPSA) is 116 Å². The predicted octanol–water partition coefficient (Wildman–Crippen LogP) is 3.85. The van der Waals surface area contributed by atoms with Crippen LogP contribution < -0.4 is 28.7 Å². The molecule has 11 heteroatoms. The summed E-state index contributed by atoms with van der Waals surface area (Å²) >= 11 is 0. The van der Waals surface area contributed by atoms with Gasteiger partial charge in [0.15, 0.2) is 23.0 Å². The number of hydrogen-bond acceptors (Lipinski definition) is 8. The van der Waals surface area contributed by atoms with Crippen LogP contribution in [0.5, 0.6) is 23.0 Å². The smallest absolute Gasteiger partial charge is 0.264 e. The number of methoxy groups -OCH3 is 4. The van der Waals surface area contributed by atoms with Crippen molar-refractivity contribution in [3.05, 3.63) is 72.3 Å². The van der Waals surface area contributed by atoms with Gasteiger partial charge in [-0.15, -0.1) is 0 Å². The standard InChI is InChI=1S/C27H31N3O7S/c1-6-22(19-12-14-23(34-2)25(16-19)36-4)28-29-27(31)18-30(38(32,33)21-10-8-7-9-11-21)20-13-15-24(35-3)26(17-20)37-5/h7-17H,6,18H2,1-5H3,(H,29,31)/b28-22-. The van der Waals surface area contributed by atoms with Crippen molar-refractivity contribution >= 4 is 27.3 Å². The van der Waals surface area contributed by atoms with Crippen molar-refractivity contribution in [2.45, 2.75) is 18.2 Å². The fraction of sp³-hybridized carbons (Fsp3) is 0.259. The second-order valence-corrected chi connectivity index (χ2v) is 9.74. The third kappa shape index (κ3) is 6.35. The zero-order valence-corrected chi connectivity index (χ0v) is 22.7. The highest BCUT2D eigenvalue weighted by Crippen LogP contribution is 2.34. The van der Waals surface area contributed by atoms with Crippen LogP contribution >= 0.6 is 0 Å². The summed E-state index contributed by atoms with van der Waals surface area (Å²) in [6.45, 7) is 1.36. The van der Waals surface area contributed by atoms with Gasteiger partial charge in [0.2, 0.25) is 0 Å². The van der Waals surface area contributed by atoms with Crippen LogP contribution in [-0.4, -0.2) is 55.0 Å². The number of nitrogens with one attached hydrogen (secondary N) is 1. The van der Waals surface area contributed by atoms with E-state index in [1.165, 1.54) is 39.5 Å². The van der Waals surface area contributed by atoms with Crippen molar-refractivity contribution in [2.75, 3.05) is 39.3 Å². The number of carbonyl (C=O) groups is 1. The van der Waals surface area contributed by atoms with Gasteiger partial charge in [-0.25, -0.2) is 13.8 Å². The Hall–Kier alpha value is -4.25. The van der Waals surface area contributed by atoms with Crippen molar-refractivity contribution < 1.29 is 32.2 Å². The van der Waals surface area contributed by atoms with Gasteiger partial charge >= 0.3 is 0 Å². The van der Waals surface area contributed by atoms with E-state index in [0.717, 1.165) is 9.87 Å². The van der Waals surface area contributed by atoms with Crippen molar-refractivity contribution in [3.8, 4) is 23.0 Å². The summed E-state index contributed by atoms with van der Waals surface area (Å²) in [6, 6.07) is 17.8. The van der Waals surface area contributed by atoms with E-state index in [1.807, 2.05) is 6.92 Å². The number of rotatable bonds is 12. The molecule has 0 aromatic heterocycles. The zero-order chi connectivity index (χ0) is 27.7. The van der Waals surface area contributed by atoms with Crippen LogP contribution in [0, 0.1) is 0 Å². The summed E-state index contributed by atoms with van der Waals surface area (Å²) < 4.78 is 49.4. The lowest BCUT2D eigenvalue weighted by atomic mass is 10.1. The molecule has 202 valence electrons. The number of carbonyl (C=O) groups excluding carboxylic acids is 1. The Morgan fingerprint density at radius 2 is 1.39 bits per heavy atom. The second-order valence-electron chi connectivity index (χ2n) is 7.88. The molecule has 0 aliphatic heterocycles. The molecular weight excluding hydrogens is 510 g/mol. The van der Waals surface area contributed by atoms with Gasteiger partial charge in [-0.05, 0) is 48.9 Å². The monoisotopic (exact) mass is 541 g/mol. The molecule has 0 atom stereocenters. The van der Waals surface area contributed by atoms with Crippen LogP contribution in [0.3, 0.4) is 0 Å². The Labute approximate surface area is 222 Å². The van der Waals surface area contributed by atoms with Crippen LogP contribution in [0.25, 0.3) is 0 Å². The first kappa shape index (κ1) is 28.3. The summed E-state index contributed by atoms with van der Waals surface area (Å²) in [5.41, 5.74) is 4.00. The first-order valence-electron chi connectivity index (χ1n) is 11.7. The van der Waals surface area contributed by atoms with Gasteiger partial charge in [0.05, 0.1) is 44.7 Å². The lowest BCUT2D eigenvalue weighted by Crippen LogP contribution is -2.39. The Bertz CT molecular complexity index is 1390. The van der Waals surface area contributed by atoms with Gasteiger partial charge in [0, 0.05) is 11.6 Å². The molecule has 3 rings (SSSR count). The van der Waals surface area contributed by atoms with Crippen LogP contribution in [-0.2, 0) is 14.8 Å². The highest BCUT2D eigenvalue weighted by atomic mass is 32.2. The Morgan fingerprint density at radius 3 is 1.97 bits per heavy atom. The SMILES string of the molecule is CC/C(=N/NC(=O)CN(c1ccc(OC)c(OC)c1)S(=O)(=O)c1ccccc1)c1ccc(OC)c(OC)c1. The third-order valence-corrected chi connectivity index (χ3v) is 7.43. The highest BCUT2D eigenvalue weighted by Gasteiger charge is 2.28. The van der Waals surface area contributed by atoms with E-state index in [9.17, 15) is 13.2 Å². The third-order valence-electron chi connectivity index (χ3n) is 5.64. The summed E-state index contributed by atoms with van der Waals surface area (Å²) in [7, 11) is 1.88. The van der Waals surface area contributed by atoms with Crippen molar-refractivity contribution in [2.24, 2.45) is 5.10 Å². The van der Waals surface area contributed by atoms with Gasteiger partial charge in [0.1, 0.15) is 6.54 Å².